The smallest absolute Gasteiger partial charge is 0.303 e. The fourth-order valence-electron chi connectivity index (χ4n) is 9.15. The van der Waals surface area contributed by atoms with Crippen molar-refractivity contribution in [3.8, 4) is 5.75 Å². The normalized spacial score (nSPS) is 19.1. The lowest BCUT2D eigenvalue weighted by Gasteiger charge is -2.44. The van der Waals surface area contributed by atoms with Gasteiger partial charge in [0.25, 0.3) is 8.32 Å². The summed E-state index contributed by atoms with van der Waals surface area (Å²) < 4.78 is 21.8. The lowest BCUT2D eigenvalue weighted by molar-refractivity contribution is -0.141. The molecule has 1 saturated heterocycles. The number of carbonyl (C=O) groups is 3. The van der Waals surface area contributed by atoms with Gasteiger partial charge in [-0.25, -0.2) is 4.39 Å². The zero-order chi connectivity index (χ0) is 43.0. The number of carboxylic acids is 1. The second-order valence-electron chi connectivity index (χ2n) is 16.8. The quantitative estimate of drug-likeness (QED) is 0.0369. The van der Waals surface area contributed by atoms with Gasteiger partial charge in [-0.2, -0.15) is 0 Å². The maximum Gasteiger partial charge on any atom is 0.303 e. The van der Waals surface area contributed by atoms with Crippen molar-refractivity contribution in [3.05, 3.63) is 131 Å². The van der Waals surface area contributed by atoms with Crippen molar-refractivity contribution < 1.29 is 43.6 Å². The highest BCUT2D eigenvalue weighted by Gasteiger charge is 2.56. The van der Waals surface area contributed by atoms with E-state index in [2.05, 4.69) is 50.0 Å². The van der Waals surface area contributed by atoms with Crippen LogP contribution in [0.3, 0.4) is 0 Å². The molecule has 0 saturated carbocycles. The Kier molecular flexibility index (Phi) is 14.3. The average molecular weight is 835 g/mol. The Labute approximate surface area is 352 Å². The van der Waals surface area contributed by atoms with Crippen molar-refractivity contribution >= 4 is 48.1 Å². The molecule has 10 nitrogen and oxygen atoms in total. The van der Waals surface area contributed by atoms with E-state index in [1.54, 1.807) is 24.4 Å². The van der Waals surface area contributed by atoms with Crippen LogP contribution < -0.4 is 10.4 Å². The first-order valence-corrected chi connectivity index (χ1v) is 22.6. The number of phenolic OH excluding ortho intramolecular Hbond substituents is 1. The van der Waals surface area contributed by atoms with Crippen LogP contribution >= 0.6 is 0 Å². The summed E-state index contributed by atoms with van der Waals surface area (Å²) in [5.74, 6) is -5.41. The van der Waals surface area contributed by atoms with Gasteiger partial charge >= 0.3 is 5.97 Å². The number of hydrogen-bond donors (Lipinski definition) is 4. The number of halogens is 1. The molecule has 4 atom stereocenters. The van der Waals surface area contributed by atoms with Crippen molar-refractivity contribution in [3.63, 3.8) is 0 Å². The fourth-order valence-corrected chi connectivity index (χ4v) is 13.7. The lowest BCUT2D eigenvalue weighted by atomic mass is 9.68. The van der Waals surface area contributed by atoms with E-state index in [1.165, 1.54) is 17.0 Å². The molecule has 2 amide bonds. The number of phenols is 1. The van der Waals surface area contributed by atoms with Crippen LogP contribution in [0.25, 0.3) is 11.6 Å². The molecule has 3 aromatic carbocycles. The van der Waals surface area contributed by atoms with Crippen LogP contribution in [0.1, 0.15) is 77.0 Å². The van der Waals surface area contributed by atoms with Gasteiger partial charge in [-0.1, -0.05) is 100.0 Å². The molecule has 4 N–H and O–H groups in total. The molecule has 6 rings (SSSR count). The van der Waals surface area contributed by atoms with E-state index < -0.39 is 62.2 Å². The number of benzene rings is 3. The number of aliphatic hydroxyl groups is 2. The van der Waals surface area contributed by atoms with E-state index in [-0.39, 0.29) is 49.8 Å². The Hall–Kier alpha value is -5.27. The highest BCUT2D eigenvalue weighted by atomic mass is 28.4. The highest BCUT2D eigenvalue weighted by Crippen LogP contribution is 2.47. The van der Waals surface area contributed by atoms with Gasteiger partial charge in [0, 0.05) is 25.1 Å². The van der Waals surface area contributed by atoms with E-state index in [0.717, 1.165) is 10.4 Å². The van der Waals surface area contributed by atoms with Crippen molar-refractivity contribution in [1.82, 2.24) is 9.88 Å². The predicted octanol–water partition coefficient (Wildman–Crippen LogP) is 6.74. The second-order valence-corrected chi connectivity index (χ2v) is 21.1. The molecular formula is C48H55FN2O8Si. The van der Waals surface area contributed by atoms with Gasteiger partial charge in [0.15, 0.2) is 11.6 Å². The predicted molar refractivity (Wildman–Crippen MR) is 231 cm³/mol. The molecule has 60 heavy (non-hydrogen) atoms. The number of aromatic hydroxyl groups is 1. The Morgan fingerprint density at radius 2 is 1.60 bits per heavy atom. The van der Waals surface area contributed by atoms with Crippen molar-refractivity contribution in [2.75, 3.05) is 19.8 Å². The molecule has 12 heteroatoms. The summed E-state index contributed by atoms with van der Waals surface area (Å²) in [4.78, 5) is 45.2. The van der Waals surface area contributed by atoms with Crippen molar-refractivity contribution in [2.45, 2.75) is 76.9 Å². The monoisotopic (exact) mass is 834 g/mol. The molecule has 1 aromatic heterocycles. The summed E-state index contributed by atoms with van der Waals surface area (Å²) in [6, 6.07) is 29.8. The summed E-state index contributed by atoms with van der Waals surface area (Å²) in [6.45, 7) is 6.19. The number of pyridine rings is 1. The Balaban J connectivity index is 1.40. The van der Waals surface area contributed by atoms with Gasteiger partial charge in [0.05, 0.1) is 36.8 Å². The number of aromatic nitrogens is 1. The SMILES string of the molecule is CC(C)(C)[Si](OCC1=C([C@H](O)CC/C(=C/c2ccc(O)c(F)c2)c2ccccn2)[C@H](CO)[C@@H]2C(=O)N(CCCCCC(=O)O)C(=O)[C@@H]2C1)(c1ccccc1)c1ccccc1. The molecule has 2 aliphatic rings. The number of rotatable bonds is 18. The maximum atomic E-state index is 14.4. The first-order valence-electron chi connectivity index (χ1n) is 20.7. The minimum Gasteiger partial charge on any atom is -0.505 e. The number of imide groups is 1. The van der Waals surface area contributed by atoms with Crippen molar-refractivity contribution in [2.24, 2.45) is 17.8 Å². The van der Waals surface area contributed by atoms with Crippen LogP contribution in [0, 0.1) is 23.6 Å². The third-order valence-electron chi connectivity index (χ3n) is 12.0. The van der Waals surface area contributed by atoms with Crippen LogP contribution in [0.15, 0.2) is 114 Å². The van der Waals surface area contributed by atoms with Gasteiger partial charge in [0.1, 0.15) is 0 Å². The highest BCUT2D eigenvalue weighted by molar-refractivity contribution is 6.99. The standard InChI is InChI=1S/C48H55FN2O8Si/c1-48(2,3)60(35-15-7-4-8-16-35,36-17-9-5-10-18-36)59-31-34-29-37-45(47(58)51(46(37)57)26-14-6-11-20-43(55)56)38(30-52)44(34)42(54)24-22-33(40-19-12-13-25-50-40)27-32-21-23-41(53)39(49)28-32/h4-5,7-10,12-13,15-19,21,23,25,27-28,37-38,42,45,52-54H,6,11,14,20,22,24,26,29-31H2,1-3H3,(H,55,56)/b33-27-/t37-,38+,42-,45-/m1/s1. The first kappa shape index (κ1) is 44.3. The number of likely N-dealkylation sites (tertiary alicyclic amines) is 1. The number of fused-ring (bicyclic) bond motifs is 1. The Bertz CT molecular complexity index is 2150. The molecule has 0 bridgehead atoms. The molecule has 0 spiro atoms. The molecule has 0 unspecified atom stereocenters. The van der Waals surface area contributed by atoms with E-state index in [4.69, 9.17) is 9.53 Å². The number of carboxylic acid groups (broad SMARTS) is 1. The lowest BCUT2D eigenvalue weighted by Crippen LogP contribution is -2.66. The summed E-state index contributed by atoms with van der Waals surface area (Å²) in [6.07, 6.45) is 4.21. The van der Waals surface area contributed by atoms with Gasteiger partial charge in [-0.15, -0.1) is 0 Å². The van der Waals surface area contributed by atoms with Crippen LogP contribution in [-0.2, 0) is 18.8 Å². The van der Waals surface area contributed by atoms with Crippen LogP contribution in [0.5, 0.6) is 5.75 Å². The number of aliphatic carboxylic acids is 1. The number of aliphatic hydroxyl groups excluding tert-OH is 2. The molecular weight excluding hydrogens is 780 g/mol. The molecule has 1 fully saturated rings. The minimum absolute atomic E-state index is 0.00263. The third-order valence-corrected chi connectivity index (χ3v) is 17.0. The fraction of sp³-hybridized carbons (Fsp3) is 0.375. The number of hydrogen-bond acceptors (Lipinski definition) is 8. The van der Waals surface area contributed by atoms with E-state index in [1.807, 2.05) is 48.5 Å². The molecule has 316 valence electrons. The number of nitrogens with zero attached hydrogens (tertiary/aromatic N) is 2. The molecule has 1 aliphatic carbocycles. The summed E-state index contributed by atoms with van der Waals surface area (Å²) in [5.41, 5.74) is 2.95. The van der Waals surface area contributed by atoms with E-state index in [9.17, 15) is 34.1 Å². The largest absolute Gasteiger partial charge is 0.505 e. The zero-order valence-corrected chi connectivity index (χ0v) is 35.5. The second kappa shape index (κ2) is 19.4. The average Bonchev–Trinajstić information content (AvgIpc) is 3.47. The molecule has 1 aliphatic heterocycles. The molecule has 4 aromatic rings. The number of amides is 2. The van der Waals surface area contributed by atoms with Crippen LogP contribution in [-0.4, -0.2) is 82.3 Å². The third kappa shape index (κ3) is 9.52. The van der Waals surface area contributed by atoms with Gasteiger partial charge < -0.3 is 24.9 Å². The first-order chi connectivity index (χ1) is 28.8. The number of carbonyl (C=O) groups excluding carboxylic acids is 2. The summed E-state index contributed by atoms with van der Waals surface area (Å²) in [7, 11) is -3.12. The molecule has 2 heterocycles. The van der Waals surface area contributed by atoms with Gasteiger partial charge in [-0.05, 0) is 100 Å². The Morgan fingerprint density at radius 3 is 2.18 bits per heavy atom. The minimum atomic E-state index is -3.12. The van der Waals surface area contributed by atoms with E-state index >= 15 is 0 Å². The van der Waals surface area contributed by atoms with Crippen LogP contribution in [0.2, 0.25) is 5.04 Å². The summed E-state index contributed by atoms with van der Waals surface area (Å²) >= 11 is 0. The van der Waals surface area contributed by atoms with Gasteiger partial charge in [0.2, 0.25) is 11.8 Å². The zero-order valence-electron chi connectivity index (χ0n) is 34.5. The van der Waals surface area contributed by atoms with Crippen LogP contribution in [0.4, 0.5) is 4.39 Å². The van der Waals surface area contributed by atoms with E-state index in [0.29, 0.717) is 47.2 Å². The summed E-state index contributed by atoms with van der Waals surface area (Å²) in [5, 5.41) is 44.2. The van der Waals surface area contributed by atoms with Gasteiger partial charge in [-0.3, -0.25) is 24.3 Å². The number of allylic oxidation sites excluding steroid dienone is 1. The maximum absolute atomic E-state index is 14.4. The topological polar surface area (TPSA) is 157 Å². The molecule has 0 radical (unpaired) electrons. The Morgan fingerprint density at radius 1 is 0.933 bits per heavy atom. The van der Waals surface area contributed by atoms with Crippen molar-refractivity contribution in [1.29, 1.82) is 0 Å². The number of unbranched alkanes of at least 4 members (excludes halogenated alkanes) is 2.